The molecule has 1 saturated heterocycles. The molecule has 1 atom stereocenters. The van der Waals surface area contributed by atoms with Crippen LogP contribution < -0.4 is 0 Å². The zero-order chi connectivity index (χ0) is 15.8. The molecule has 0 aliphatic carbocycles. The van der Waals surface area contributed by atoms with E-state index in [1.807, 2.05) is 0 Å². The number of sulfone groups is 1. The summed E-state index contributed by atoms with van der Waals surface area (Å²) >= 11 is 5.92. The third-order valence-electron chi connectivity index (χ3n) is 3.66. The number of rotatable bonds is 4. The van der Waals surface area contributed by atoms with Crippen LogP contribution in [0.25, 0.3) is 0 Å². The molecule has 2 rings (SSSR count). The summed E-state index contributed by atoms with van der Waals surface area (Å²) in [6.45, 7) is 3.69. The maximum atomic E-state index is 12.7. The van der Waals surface area contributed by atoms with Crippen LogP contribution in [0, 0.1) is 6.92 Å². The molecule has 21 heavy (non-hydrogen) atoms. The SMILES string of the molecule is CCN(C1CCS(=O)(=O)C1)S(=O)(=O)c1ccc(Cl)c(C)c1. The van der Waals surface area contributed by atoms with Crippen molar-refractivity contribution in [2.24, 2.45) is 0 Å². The van der Waals surface area contributed by atoms with Crippen molar-refractivity contribution in [2.75, 3.05) is 18.1 Å². The van der Waals surface area contributed by atoms with Gasteiger partial charge >= 0.3 is 0 Å². The van der Waals surface area contributed by atoms with Crippen LogP contribution in [-0.4, -0.2) is 45.2 Å². The normalized spacial score (nSPS) is 21.8. The number of aryl methyl sites for hydroxylation is 1. The van der Waals surface area contributed by atoms with Crippen LogP contribution >= 0.6 is 11.6 Å². The molecule has 1 aromatic rings. The minimum Gasteiger partial charge on any atom is -0.229 e. The highest BCUT2D eigenvalue weighted by atomic mass is 35.5. The molecule has 0 N–H and O–H groups in total. The molecular weight excluding hydrogens is 334 g/mol. The van der Waals surface area contributed by atoms with Gasteiger partial charge in [-0.15, -0.1) is 0 Å². The average molecular weight is 352 g/mol. The highest BCUT2D eigenvalue weighted by Crippen LogP contribution is 2.27. The van der Waals surface area contributed by atoms with Crippen LogP contribution in [0.5, 0.6) is 0 Å². The van der Waals surface area contributed by atoms with E-state index in [-0.39, 0.29) is 22.9 Å². The van der Waals surface area contributed by atoms with Crippen molar-refractivity contribution in [3.05, 3.63) is 28.8 Å². The topological polar surface area (TPSA) is 71.5 Å². The van der Waals surface area contributed by atoms with Crippen molar-refractivity contribution in [1.29, 1.82) is 0 Å². The molecule has 0 amide bonds. The van der Waals surface area contributed by atoms with Gasteiger partial charge in [0.1, 0.15) is 0 Å². The van der Waals surface area contributed by atoms with Crippen LogP contribution in [0.2, 0.25) is 5.02 Å². The van der Waals surface area contributed by atoms with Gasteiger partial charge in [0.05, 0.1) is 16.4 Å². The second kappa shape index (κ2) is 5.87. The zero-order valence-corrected chi connectivity index (χ0v) is 14.3. The zero-order valence-electron chi connectivity index (χ0n) is 11.9. The van der Waals surface area contributed by atoms with Gasteiger partial charge in [0.15, 0.2) is 9.84 Å². The Morgan fingerprint density at radius 2 is 2.05 bits per heavy atom. The van der Waals surface area contributed by atoms with E-state index >= 15 is 0 Å². The van der Waals surface area contributed by atoms with Gasteiger partial charge in [-0.2, -0.15) is 4.31 Å². The third kappa shape index (κ3) is 3.41. The van der Waals surface area contributed by atoms with Crippen LogP contribution in [0.1, 0.15) is 18.9 Å². The second-order valence-corrected chi connectivity index (χ2v) is 9.70. The first-order valence-electron chi connectivity index (χ1n) is 6.66. The molecule has 0 aromatic heterocycles. The number of benzene rings is 1. The Morgan fingerprint density at radius 1 is 1.38 bits per heavy atom. The van der Waals surface area contributed by atoms with Gasteiger partial charge in [-0.1, -0.05) is 18.5 Å². The predicted octanol–water partition coefficient (Wildman–Crippen LogP) is 1.85. The van der Waals surface area contributed by atoms with Gasteiger partial charge in [0.25, 0.3) is 0 Å². The number of sulfonamides is 1. The summed E-state index contributed by atoms with van der Waals surface area (Å²) in [5.74, 6) is -0.0595. The summed E-state index contributed by atoms with van der Waals surface area (Å²) < 4.78 is 49.9. The molecule has 118 valence electrons. The maximum absolute atomic E-state index is 12.7. The van der Waals surface area contributed by atoms with E-state index in [9.17, 15) is 16.8 Å². The number of hydrogen-bond donors (Lipinski definition) is 0. The van der Waals surface area contributed by atoms with Crippen molar-refractivity contribution in [1.82, 2.24) is 4.31 Å². The molecule has 0 radical (unpaired) electrons. The molecule has 0 saturated carbocycles. The van der Waals surface area contributed by atoms with Crippen LogP contribution in [0.4, 0.5) is 0 Å². The van der Waals surface area contributed by atoms with Crippen molar-refractivity contribution in [2.45, 2.75) is 31.2 Å². The van der Waals surface area contributed by atoms with Gasteiger partial charge in [0, 0.05) is 17.6 Å². The van der Waals surface area contributed by atoms with Gasteiger partial charge in [-0.05, 0) is 37.1 Å². The van der Waals surface area contributed by atoms with E-state index in [1.165, 1.54) is 16.4 Å². The summed E-state index contributed by atoms with van der Waals surface area (Å²) in [7, 11) is -6.85. The molecule has 8 heteroatoms. The van der Waals surface area contributed by atoms with E-state index in [0.717, 1.165) is 0 Å². The van der Waals surface area contributed by atoms with E-state index in [4.69, 9.17) is 11.6 Å². The lowest BCUT2D eigenvalue weighted by molar-refractivity contribution is 0.354. The van der Waals surface area contributed by atoms with E-state index in [0.29, 0.717) is 17.0 Å². The number of nitrogens with zero attached hydrogens (tertiary/aromatic N) is 1. The van der Waals surface area contributed by atoms with Crippen LogP contribution in [-0.2, 0) is 19.9 Å². The first-order chi connectivity index (χ1) is 9.67. The predicted molar refractivity (Wildman–Crippen MR) is 82.8 cm³/mol. The van der Waals surface area contributed by atoms with Crippen molar-refractivity contribution in [3.8, 4) is 0 Å². The van der Waals surface area contributed by atoms with Crippen LogP contribution in [0.3, 0.4) is 0 Å². The molecule has 1 fully saturated rings. The quantitative estimate of drug-likeness (QED) is 0.829. The largest absolute Gasteiger partial charge is 0.243 e. The van der Waals surface area contributed by atoms with E-state index in [1.54, 1.807) is 19.9 Å². The first-order valence-corrected chi connectivity index (χ1v) is 10.3. The Hall–Kier alpha value is -0.630. The molecule has 5 nitrogen and oxygen atoms in total. The fourth-order valence-electron chi connectivity index (χ4n) is 2.54. The lowest BCUT2D eigenvalue weighted by Gasteiger charge is -2.26. The van der Waals surface area contributed by atoms with Gasteiger partial charge in [-0.3, -0.25) is 0 Å². The number of hydrogen-bond acceptors (Lipinski definition) is 4. The van der Waals surface area contributed by atoms with Crippen molar-refractivity contribution in [3.63, 3.8) is 0 Å². The summed E-state index contributed by atoms with van der Waals surface area (Å²) in [4.78, 5) is 0.149. The fraction of sp³-hybridized carbons (Fsp3) is 0.538. The molecular formula is C13H18ClNO4S2. The number of halogens is 1. The Labute approximate surface area is 130 Å². The lowest BCUT2D eigenvalue weighted by Crippen LogP contribution is -2.40. The Morgan fingerprint density at radius 3 is 2.52 bits per heavy atom. The Kier molecular flexibility index (Phi) is 4.68. The Balaban J connectivity index is 2.38. The lowest BCUT2D eigenvalue weighted by atomic mass is 10.2. The minimum atomic E-state index is -3.71. The van der Waals surface area contributed by atoms with Gasteiger partial charge in [-0.25, -0.2) is 16.8 Å². The van der Waals surface area contributed by atoms with Gasteiger partial charge in [0.2, 0.25) is 10.0 Å². The second-order valence-electron chi connectivity index (χ2n) is 5.18. The van der Waals surface area contributed by atoms with Crippen molar-refractivity contribution >= 4 is 31.5 Å². The van der Waals surface area contributed by atoms with Crippen molar-refractivity contribution < 1.29 is 16.8 Å². The van der Waals surface area contributed by atoms with E-state index in [2.05, 4.69) is 0 Å². The Bertz CT molecular complexity index is 743. The third-order valence-corrected chi connectivity index (χ3v) is 7.86. The summed E-state index contributed by atoms with van der Waals surface area (Å²) in [5.41, 5.74) is 0.674. The molecule has 1 aliphatic rings. The molecule has 0 bridgehead atoms. The first kappa shape index (κ1) is 16.7. The molecule has 1 aliphatic heterocycles. The fourth-order valence-corrected chi connectivity index (χ4v) is 6.23. The minimum absolute atomic E-state index is 0.0450. The standard InChI is InChI=1S/C13H18ClNO4S2/c1-3-15(11-6-7-20(16,17)9-11)21(18,19)12-4-5-13(14)10(2)8-12/h4-5,8,11H,3,6-7,9H2,1-2H3. The molecule has 0 spiro atoms. The smallest absolute Gasteiger partial charge is 0.229 e. The summed E-state index contributed by atoms with van der Waals surface area (Å²) in [5, 5.41) is 0.500. The average Bonchev–Trinajstić information content (AvgIpc) is 2.73. The molecule has 1 aromatic carbocycles. The molecule has 1 unspecified atom stereocenters. The van der Waals surface area contributed by atoms with Crippen LogP contribution in [0.15, 0.2) is 23.1 Å². The van der Waals surface area contributed by atoms with Gasteiger partial charge < -0.3 is 0 Å². The highest BCUT2D eigenvalue weighted by molar-refractivity contribution is 7.92. The summed E-state index contributed by atoms with van der Waals surface area (Å²) in [6, 6.07) is 4.03. The highest BCUT2D eigenvalue weighted by Gasteiger charge is 2.37. The summed E-state index contributed by atoms with van der Waals surface area (Å²) in [6.07, 6.45) is 0.349. The van der Waals surface area contributed by atoms with E-state index < -0.39 is 25.9 Å². The monoisotopic (exact) mass is 351 g/mol. The molecule has 1 heterocycles. The maximum Gasteiger partial charge on any atom is 0.243 e.